The monoisotopic (exact) mass is 497 g/mol. The molecule has 1 aromatic heterocycles. The zero-order valence-corrected chi connectivity index (χ0v) is 18.7. The van der Waals surface area contributed by atoms with E-state index in [9.17, 15) is 22.8 Å². The van der Waals surface area contributed by atoms with Crippen molar-refractivity contribution in [2.75, 3.05) is 22.9 Å². The molecule has 3 aromatic rings. The van der Waals surface area contributed by atoms with Gasteiger partial charge >= 0.3 is 6.03 Å². The van der Waals surface area contributed by atoms with Crippen LogP contribution in [0, 0.1) is 17.5 Å². The number of halogens is 4. The Morgan fingerprint density at radius 1 is 1.09 bits per heavy atom. The predicted molar refractivity (Wildman–Crippen MR) is 124 cm³/mol. The highest BCUT2D eigenvalue weighted by atomic mass is 35.5. The topological polar surface area (TPSA) is 98.9 Å². The normalized spacial score (nSPS) is 10.8. The van der Waals surface area contributed by atoms with E-state index in [0.29, 0.717) is 29.3 Å². The van der Waals surface area contributed by atoms with Gasteiger partial charge in [-0.2, -0.15) is 12.6 Å². The molecule has 0 fully saturated rings. The third-order valence-corrected chi connectivity index (χ3v) is 5.15. The van der Waals surface area contributed by atoms with Crippen LogP contribution in [-0.2, 0) is 6.54 Å². The van der Waals surface area contributed by atoms with Gasteiger partial charge in [0.25, 0.3) is 5.56 Å². The van der Waals surface area contributed by atoms with E-state index >= 15 is 0 Å². The van der Waals surface area contributed by atoms with Crippen LogP contribution < -0.4 is 21.5 Å². The molecule has 2 aromatic carbocycles. The van der Waals surface area contributed by atoms with Crippen LogP contribution in [0.2, 0.25) is 5.02 Å². The lowest BCUT2D eigenvalue weighted by atomic mass is 10.1. The minimum absolute atomic E-state index is 0.212. The van der Waals surface area contributed by atoms with E-state index < -0.39 is 34.7 Å². The van der Waals surface area contributed by atoms with E-state index in [2.05, 4.69) is 33.2 Å². The van der Waals surface area contributed by atoms with Crippen molar-refractivity contribution < 1.29 is 18.0 Å². The number of hydrogen-bond acceptors (Lipinski definition) is 5. The zero-order valence-electron chi connectivity index (χ0n) is 17.0. The van der Waals surface area contributed by atoms with E-state index in [1.165, 1.54) is 6.20 Å². The minimum atomic E-state index is -1.39. The molecule has 0 spiro atoms. The van der Waals surface area contributed by atoms with Crippen LogP contribution in [0.15, 0.2) is 41.3 Å². The summed E-state index contributed by atoms with van der Waals surface area (Å²) in [5.74, 6) is -3.35. The molecule has 1 heterocycles. The first kappa shape index (κ1) is 24.6. The maximum absolute atomic E-state index is 13.7. The number of nitrogens with one attached hydrogen (secondary N) is 4. The number of amides is 2. The third-order valence-electron chi connectivity index (χ3n) is 4.48. The van der Waals surface area contributed by atoms with Crippen LogP contribution in [-0.4, -0.2) is 28.3 Å². The van der Waals surface area contributed by atoms with Gasteiger partial charge in [0.05, 0.1) is 11.3 Å². The fourth-order valence-corrected chi connectivity index (χ4v) is 3.23. The van der Waals surface area contributed by atoms with Crippen molar-refractivity contribution in [3.05, 3.63) is 74.9 Å². The fourth-order valence-electron chi connectivity index (χ4n) is 2.83. The van der Waals surface area contributed by atoms with Crippen molar-refractivity contribution in [3.63, 3.8) is 0 Å². The zero-order chi connectivity index (χ0) is 24.0. The van der Waals surface area contributed by atoms with Crippen LogP contribution in [0.4, 0.5) is 29.6 Å². The van der Waals surface area contributed by atoms with Gasteiger partial charge in [0, 0.05) is 29.9 Å². The van der Waals surface area contributed by atoms with Gasteiger partial charge in [0.15, 0.2) is 11.6 Å². The van der Waals surface area contributed by atoms with E-state index in [-0.39, 0.29) is 11.5 Å². The summed E-state index contributed by atoms with van der Waals surface area (Å²) in [5.41, 5.74) is 0.454. The Morgan fingerprint density at radius 3 is 2.55 bits per heavy atom. The number of H-pyrrole nitrogens is 1. The van der Waals surface area contributed by atoms with Crippen molar-refractivity contribution in [2.24, 2.45) is 0 Å². The number of hydrogen-bond donors (Lipinski definition) is 5. The predicted octanol–water partition coefficient (Wildman–Crippen LogP) is 4.56. The largest absolute Gasteiger partial charge is 0.326 e. The maximum atomic E-state index is 13.7. The first-order chi connectivity index (χ1) is 15.8. The van der Waals surface area contributed by atoms with Crippen LogP contribution in [0.5, 0.6) is 0 Å². The quantitative estimate of drug-likeness (QED) is 0.179. The molecule has 12 heteroatoms. The standard InChI is InChI=1S/C21H19ClF3N5O2S/c22-14-6-11(2-3-12(14)9-26-4-1-5-33)13-10-27-20(29-19(13)31)30-21(32)28-18-8-16(24)15(23)7-17(18)25/h2-3,6-8,10,26,33H,1,4-5,9H2,(H3,27,28,29,30,31,32). The number of thiol groups is 1. The lowest BCUT2D eigenvalue weighted by Gasteiger charge is -2.10. The van der Waals surface area contributed by atoms with Crippen LogP contribution in [0.1, 0.15) is 12.0 Å². The Labute approximate surface area is 197 Å². The first-order valence-corrected chi connectivity index (χ1v) is 10.7. The van der Waals surface area contributed by atoms with Gasteiger partial charge < -0.3 is 10.6 Å². The number of benzene rings is 2. The Hall–Kier alpha value is -3.02. The Bertz CT molecular complexity index is 1220. The number of rotatable bonds is 8. The molecule has 174 valence electrons. The molecule has 7 nitrogen and oxygen atoms in total. The van der Waals surface area contributed by atoms with Crippen LogP contribution in [0.25, 0.3) is 11.1 Å². The lowest BCUT2D eigenvalue weighted by Crippen LogP contribution is -2.24. The lowest BCUT2D eigenvalue weighted by molar-refractivity contribution is 0.262. The summed E-state index contributed by atoms with van der Waals surface area (Å²) >= 11 is 10.5. The van der Waals surface area contributed by atoms with Gasteiger partial charge in [-0.3, -0.25) is 15.1 Å². The molecular formula is C21H19ClF3N5O2S. The highest BCUT2D eigenvalue weighted by Crippen LogP contribution is 2.24. The molecule has 0 saturated carbocycles. The molecule has 0 aliphatic heterocycles. The van der Waals surface area contributed by atoms with Crippen LogP contribution >= 0.6 is 24.2 Å². The summed E-state index contributed by atoms with van der Waals surface area (Å²) in [5, 5.41) is 7.91. The van der Waals surface area contributed by atoms with E-state index in [1.54, 1.807) is 18.2 Å². The van der Waals surface area contributed by atoms with Crippen molar-refractivity contribution in [1.29, 1.82) is 0 Å². The summed E-state index contributed by atoms with van der Waals surface area (Å²) < 4.78 is 39.9. The molecule has 0 unspecified atom stereocenters. The van der Waals surface area contributed by atoms with Crippen molar-refractivity contribution in [3.8, 4) is 11.1 Å². The number of carbonyl (C=O) groups is 1. The van der Waals surface area contributed by atoms with E-state index in [4.69, 9.17) is 11.6 Å². The molecule has 0 aliphatic carbocycles. The van der Waals surface area contributed by atoms with Gasteiger partial charge in [0.1, 0.15) is 5.82 Å². The smallest absolute Gasteiger partial charge is 0.313 e. The van der Waals surface area contributed by atoms with Gasteiger partial charge in [-0.15, -0.1) is 0 Å². The van der Waals surface area contributed by atoms with E-state index in [1.807, 2.05) is 5.32 Å². The van der Waals surface area contributed by atoms with Gasteiger partial charge in [-0.05, 0) is 35.9 Å². The van der Waals surface area contributed by atoms with Gasteiger partial charge in [0.2, 0.25) is 5.95 Å². The average molecular weight is 498 g/mol. The second-order valence-electron chi connectivity index (χ2n) is 6.86. The summed E-state index contributed by atoms with van der Waals surface area (Å²) in [6.45, 7) is 1.37. The number of aromatic amines is 1. The molecular weight excluding hydrogens is 479 g/mol. The Kier molecular flexibility index (Phi) is 8.37. The third kappa shape index (κ3) is 6.50. The number of aromatic nitrogens is 2. The van der Waals surface area contributed by atoms with Gasteiger partial charge in [-0.25, -0.2) is 22.9 Å². The van der Waals surface area contributed by atoms with Crippen molar-refractivity contribution in [1.82, 2.24) is 15.3 Å². The fraction of sp³-hybridized carbons (Fsp3) is 0.190. The van der Waals surface area contributed by atoms with Crippen molar-refractivity contribution >= 4 is 41.9 Å². The Morgan fingerprint density at radius 2 is 1.85 bits per heavy atom. The molecule has 0 bridgehead atoms. The summed E-state index contributed by atoms with van der Waals surface area (Å²) in [6.07, 6.45) is 2.16. The first-order valence-electron chi connectivity index (χ1n) is 9.70. The molecule has 0 radical (unpaired) electrons. The number of urea groups is 1. The summed E-state index contributed by atoms with van der Waals surface area (Å²) in [7, 11) is 0. The highest BCUT2D eigenvalue weighted by molar-refractivity contribution is 7.80. The molecule has 33 heavy (non-hydrogen) atoms. The molecule has 3 rings (SSSR count). The second kappa shape index (κ2) is 11.2. The number of nitrogens with zero attached hydrogens (tertiary/aromatic N) is 1. The maximum Gasteiger partial charge on any atom is 0.326 e. The summed E-state index contributed by atoms with van der Waals surface area (Å²) in [4.78, 5) is 30.8. The van der Waals surface area contributed by atoms with E-state index in [0.717, 1.165) is 24.3 Å². The highest BCUT2D eigenvalue weighted by Gasteiger charge is 2.14. The molecule has 0 atom stereocenters. The molecule has 4 N–H and O–H groups in total. The van der Waals surface area contributed by atoms with Gasteiger partial charge in [-0.1, -0.05) is 23.7 Å². The number of carbonyl (C=O) groups excluding carboxylic acids is 1. The molecule has 0 saturated heterocycles. The average Bonchev–Trinajstić information content (AvgIpc) is 2.76. The summed E-state index contributed by atoms with van der Waals surface area (Å²) in [6, 6.07) is 4.92. The minimum Gasteiger partial charge on any atom is -0.313 e. The Balaban J connectivity index is 1.68. The molecule has 2 amide bonds. The second-order valence-corrected chi connectivity index (χ2v) is 7.71. The number of anilines is 2. The molecule has 0 aliphatic rings. The SMILES string of the molecule is O=C(Nc1ncc(-c2ccc(CNCCCS)c(Cl)c2)c(=O)[nH]1)Nc1cc(F)c(F)cc1F. The van der Waals surface area contributed by atoms with Crippen molar-refractivity contribution in [2.45, 2.75) is 13.0 Å². The van der Waals surface area contributed by atoms with Crippen LogP contribution in [0.3, 0.4) is 0 Å².